The van der Waals surface area contributed by atoms with Crippen LogP contribution in [-0.2, 0) is 6.18 Å². The van der Waals surface area contributed by atoms with E-state index >= 15 is 0 Å². The summed E-state index contributed by atoms with van der Waals surface area (Å²) in [7, 11) is 0. The lowest BCUT2D eigenvalue weighted by atomic mass is 10.2. The molecule has 1 saturated carbocycles. The van der Waals surface area contributed by atoms with Crippen LogP contribution in [0, 0.1) is 0 Å². The van der Waals surface area contributed by atoms with Crippen LogP contribution in [0.15, 0.2) is 16.9 Å². The fraction of sp³-hybridized carbons (Fsp3) is 0.444. The van der Waals surface area contributed by atoms with E-state index < -0.39 is 11.7 Å². The fourth-order valence-corrected chi connectivity index (χ4v) is 1.43. The van der Waals surface area contributed by atoms with Crippen molar-refractivity contribution in [3.8, 4) is 5.75 Å². The molecule has 1 aromatic rings. The normalized spacial score (nSPS) is 16.5. The number of pyridine rings is 1. The van der Waals surface area contributed by atoms with Gasteiger partial charge in [-0.15, -0.1) is 0 Å². The van der Waals surface area contributed by atoms with Crippen molar-refractivity contribution in [2.45, 2.75) is 25.1 Å². The summed E-state index contributed by atoms with van der Waals surface area (Å²) in [5.74, 6) is -0.187. The smallest absolute Gasteiger partial charge is 0.420 e. The molecule has 1 aliphatic carbocycles. The quantitative estimate of drug-likeness (QED) is 0.775. The highest BCUT2D eigenvalue weighted by Crippen LogP contribution is 2.39. The van der Waals surface area contributed by atoms with E-state index in [9.17, 15) is 13.2 Å². The Morgan fingerprint density at radius 1 is 1.40 bits per heavy atom. The number of aromatic nitrogens is 1. The molecule has 0 spiro atoms. The first-order valence-electron chi connectivity index (χ1n) is 4.36. The molecule has 0 atom stereocenters. The first kappa shape index (κ1) is 10.7. The summed E-state index contributed by atoms with van der Waals surface area (Å²) in [6.07, 6.45) is -1.75. The second-order valence-corrected chi connectivity index (χ2v) is 4.13. The Morgan fingerprint density at radius 2 is 2.07 bits per heavy atom. The van der Waals surface area contributed by atoms with Crippen LogP contribution in [0.4, 0.5) is 13.2 Å². The summed E-state index contributed by atoms with van der Waals surface area (Å²) >= 11 is 2.90. The maximum Gasteiger partial charge on any atom is 0.420 e. The summed E-state index contributed by atoms with van der Waals surface area (Å²) in [4.78, 5) is 3.73. The molecule has 0 aromatic carbocycles. The molecule has 1 fully saturated rings. The van der Waals surface area contributed by atoms with Crippen molar-refractivity contribution >= 4 is 15.9 Å². The average Bonchev–Trinajstić information content (AvgIpc) is 2.90. The van der Waals surface area contributed by atoms with Gasteiger partial charge in [0.05, 0.1) is 12.3 Å². The number of rotatable bonds is 2. The largest absolute Gasteiger partial charge is 0.488 e. The Hall–Kier alpha value is -0.780. The second-order valence-electron chi connectivity index (χ2n) is 3.32. The Morgan fingerprint density at radius 3 is 2.60 bits per heavy atom. The third kappa shape index (κ3) is 2.62. The Labute approximate surface area is 92.6 Å². The van der Waals surface area contributed by atoms with E-state index in [4.69, 9.17) is 4.74 Å². The van der Waals surface area contributed by atoms with E-state index in [2.05, 4.69) is 20.9 Å². The summed E-state index contributed by atoms with van der Waals surface area (Å²) < 4.78 is 43.0. The van der Waals surface area contributed by atoms with Crippen molar-refractivity contribution in [1.29, 1.82) is 0 Å². The van der Waals surface area contributed by atoms with Crippen LogP contribution in [0.1, 0.15) is 18.4 Å². The van der Waals surface area contributed by atoms with Crippen LogP contribution < -0.4 is 4.74 Å². The zero-order valence-corrected chi connectivity index (χ0v) is 9.10. The predicted molar refractivity (Wildman–Crippen MR) is 50.6 cm³/mol. The Bertz CT molecular complexity index is 376. The highest BCUT2D eigenvalue weighted by atomic mass is 79.9. The molecule has 6 heteroatoms. The van der Waals surface area contributed by atoms with Crippen LogP contribution in [0.3, 0.4) is 0 Å². The fourth-order valence-electron chi connectivity index (χ4n) is 1.10. The minimum atomic E-state index is -4.41. The van der Waals surface area contributed by atoms with Crippen LogP contribution in [0.2, 0.25) is 0 Å². The number of ether oxygens (including phenoxy) is 1. The minimum Gasteiger partial charge on any atom is -0.488 e. The lowest BCUT2D eigenvalue weighted by Crippen LogP contribution is -2.10. The Kier molecular flexibility index (Phi) is 2.62. The van der Waals surface area contributed by atoms with Crippen molar-refractivity contribution in [1.82, 2.24) is 4.98 Å². The van der Waals surface area contributed by atoms with Crippen LogP contribution >= 0.6 is 15.9 Å². The van der Waals surface area contributed by atoms with Gasteiger partial charge in [0.25, 0.3) is 0 Å². The lowest BCUT2D eigenvalue weighted by molar-refractivity contribution is -0.139. The predicted octanol–water partition coefficient (Wildman–Crippen LogP) is 3.40. The van der Waals surface area contributed by atoms with Crippen molar-refractivity contribution in [3.63, 3.8) is 0 Å². The number of nitrogens with zero attached hydrogens (tertiary/aromatic N) is 1. The zero-order chi connectivity index (χ0) is 11.1. The highest BCUT2D eigenvalue weighted by molar-refractivity contribution is 9.10. The van der Waals surface area contributed by atoms with Gasteiger partial charge in [0.2, 0.25) is 0 Å². The standard InChI is InChI=1S/C9H7BrF3NO/c10-8-3-6(9(11,12)13)7(4-14-8)15-5-1-2-5/h3-5H,1-2H2. The van der Waals surface area contributed by atoms with E-state index in [-0.39, 0.29) is 16.5 Å². The SMILES string of the molecule is FC(F)(F)c1cc(Br)ncc1OC1CC1. The number of hydrogen-bond donors (Lipinski definition) is 0. The van der Waals surface area contributed by atoms with Crippen molar-refractivity contribution in [2.75, 3.05) is 0 Å². The maximum atomic E-state index is 12.6. The number of alkyl halides is 3. The van der Waals surface area contributed by atoms with Gasteiger partial charge in [0.1, 0.15) is 15.9 Å². The lowest BCUT2D eigenvalue weighted by Gasteiger charge is -2.13. The molecule has 0 amide bonds. The summed E-state index contributed by atoms with van der Waals surface area (Å²) in [5.41, 5.74) is -0.781. The van der Waals surface area contributed by atoms with Gasteiger partial charge in [-0.25, -0.2) is 4.98 Å². The minimum absolute atomic E-state index is 0.0749. The number of halogens is 4. The Balaban J connectivity index is 2.34. The molecule has 0 N–H and O–H groups in total. The van der Waals surface area contributed by atoms with Gasteiger partial charge in [0.15, 0.2) is 0 Å². The van der Waals surface area contributed by atoms with E-state index in [0.29, 0.717) is 0 Å². The van der Waals surface area contributed by atoms with Gasteiger partial charge >= 0.3 is 6.18 Å². The van der Waals surface area contributed by atoms with Gasteiger partial charge in [0, 0.05) is 0 Å². The van der Waals surface area contributed by atoms with E-state index in [1.165, 1.54) is 0 Å². The first-order valence-corrected chi connectivity index (χ1v) is 5.15. The molecular weight excluding hydrogens is 275 g/mol. The molecule has 0 unspecified atom stereocenters. The molecule has 1 heterocycles. The van der Waals surface area contributed by atoms with Crippen LogP contribution in [0.5, 0.6) is 5.75 Å². The first-order chi connectivity index (χ1) is 6.97. The average molecular weight is 282 g/mol. The molecule has 1 aromatic heterocycles. The van der Waals surface area contributed by atoms with Gasteiger partial charge in [-0.05, 0) is 34.8 Å². The molecule has 15 heavy (non-hydrogen) atoms. The molecule has 2 nitrogen and oxygen atoms in total. The number of hydrogen-bond acceptors (Lipinski definition) is 2. The van der Waals surface area contributed by atoms with Crippen molar-refractivity contribution in [3.05, 3.63) is 22.4 Å². The molecular formula is C9H7BrF3NO. The molecule has 0 aliphatic heterocycles. The zero-order valence-electron chi connectivity index (χ0n) is 7.51. The molecule has 0 radical (unpaired) electrons. The summed E-state index contributed by atoms with van der Waals surface area (Å²) in [5, 5.41) is 0. The molecule has 82 valence electrons. The van der Waals surface area contributed by atoms with Gasteiger partial charge < -0.3 is 4.74 Å². The van der Waals surface area contributed by atoms with E-state index in [1.807, 2.05) is 0 Å². The topological polar surface area (TPSA) is 22.1 Å². The highest BCUT2D eigenvalue weighted by Gasteiger charge is 2.36. The van der Waals surface area contributed by atoms with Crippen LogP contribution in [0.25, 0.3) is 0 Å². The molecule has 2 rings (SSSR count). The molecule has 0 bridgehead atoms. The maximum absolute atomic E-state index is 12.6. The molecule has 0 saturated heterocycles. The van der Waals surface area contributed by atoms with E-state index in [0.717, 1.165) is 25.1 Å². The summed E-state index contributed by atoms with van der Waals surface area (Å²) in [6.45, 7) is 0. The molecule has 1 aliphatic rings. The third-order valence-electron chi connectivity index (χ3n) is 1.96. The van der Waals surface area contributed by atoms with Gasteiger partial charge in [-0.2, -0.15) is 13.2 Å². The monoisotopic (exact) mass is 281 g/mol. The summed E-state index contributed by atoms with van der Waals surface area (Å²) in [6, 6.07) is 0.928. The van der Waals surface area contributed by atoms with Crippen LogP contribution in [-0.4, -0.2) is 11.1 Å². The van der Waals surface area contributed by atoms with Gasteiger partial charge in [-0.3, -0.25) is 0 Å². The second kappa shape index (κ2) is 3.66. The van der Waals surface area contributed by atoms with Crippen molar-refractivity contribution < 1.29 is 17.9 Å². The third-order valence-corrected chi connectivity index (χ3v) is 2.39. The van der Waals surface area contributed by atoms with Crippen molar-refractivity contribution in [2.24, 2.45) is 0 Å². The van der Waals surface area contributed by atoms with Gasteiger partial charge in [-0.1, -0.05) is 0 Å². The van der Waals surface area contributed by atoms with E-state index in [1.54, 1.807) is 0 Å².